The Bertz CT molecular complexity index is 781. The van der Waals surface area contributed by atoms with Crippen molar-refractivity contribution in [1.29, 1.82) is 0 Å². The number of anilines is 1. The van der Waals surface area contributed by atoms with Crippen LogP contribution in [-0.4, -0.2) is 16.9 Å². The minimum absolute atomic E-state index is 0.0384. The van der Waals surface area contributed by atoms with E-state index < -0.39 is 35.0 Å². The highest BCUT2D eigenvalue weighted by Gasteiger charge is 2.17. The highest BCUT2D eigenvalue weighted by Crippen LogP contribution is 2.18. The predicted octanol–water partition coefficient (Wildman–Crippen LogP) is 1.85. The minimum atomic E-state index is -1.41. The molecule has 0 unspecified atom stereocenters. The van der Waals surface area contributed by atoms with Crippen molar-refractivity contribution in [2.45, 2.75) is 13.2 Å². The number of rotatable bonds is 4. The second-order valence-electron chi connectivity index (χ2n) is 4.81. The maximum absolute atomic E-state index is 13.4. The summed E-state index contributed by atoms with van der Waals surface area (Å²) in [6.07, 6.45) is 0. The third-order valence-electron chi connectivity index (χ3n) is 3.19. The molecule has 2 aromatic carbocycles. The van der Waals surface area contributed by atoms with Crippen molar-refractivity contribution in [3.05, 3.63) is 65.0 Å². The summed E-state index contributed by atoms with van der Waals surface area (Å²) in [6, 6.07) is 7.40. The number of benzene rings is 2. The molecule has 0 aliphatic rings. The van der Waals surface area contributed by atoms with Gasteiger partial charge in [-0.1, -0.05) is 24.3 Å². The van der Waals surface area contributed by atoms with Gasteiger partial charge < -0.3 is 15.7 Å². The Morgan fingerprint density at radius 1 is 0.917 bits per heavy atom. The number of carbonyl (C=O) groups excluding carboxylic acids is 2. The van der Waals surface area contributed by atoms with E-state index in [0.29, 0.717) is 17.2 Å². The molecule has 0 heterocycles. The van der Waals surface area contributed by atoms with Gasteiger partial charge in [-0.15, -0.1) is 0 Å². The standard InChI is InChI=1S/C16H13F3N2O3/c17-11-5-13(19)14(6-12(11)18)21-16(24)15(23)20-7-9-3-1-2-4-10(9)8-22/h1-6,22H,7-8H2,(H,20,23)(H,21,24). The lowest BCUT2D eigenvalue weighted by Crippen LogP contribution is -2.35. The first-order chi connectivity index (χ1) is 11.4. The number of carbonyl (C=O) groups is 2. The van der Waals surface area contributed by atoms with Gasteiger partial charge in [-0.2, -0.15) is 0 Å². The quantitative estimate of drug-likeness (QED) is 0.588. The van der Waals surface area contributed by atoms with Crippen molar-refractivity contribution in [3.63, 3.8) is 0 Å². The largest absolute Gasteiger partial charge is 0.392 e. The molecule has 2 aromatic rings. The first-order valence-electron chi connectivity index (χ1n) is 6.83. The number of aliphatic hydroxyl groups is 1. The van der Waals surface area contributed by atoms with Gasteiger partial charge in [-0.25, -0.2) is 13.2 Å². The van der Waals surface area contributed by atoms with Crippen LogP contribution in [0.15, 0.2) is 36.4 Å². The van der Waals surface area contributed by atoms with Crippen molar-refractivity contribution in [2.75, 3.05) is 5.32 Å². The summed E-state index contributed by atoms with van der Waals surface area (Å²) in [5.41, 5.74) is 0.523. The van der Waals surface area contributed by atoms with Crippen LogP contribution in [0.4, 0.5) is 18.9 Å². The molecule has 0 aromatic heterocycles. The van der Waals surface area contributed by atoms with E-state index in [1.807, 2.05) is 5.32 Å². The molecule has 0 saturated heterocycles. The Hall–Kier alpha value is -2.87. The molecular formula is C16H13F3N2O3. The normalized spacial score (nSPS) is 10.3. The van der Waals surface area contributed by atoms with Crippen molar-refractivity contribution >= 4 is 17.5 Å². The first-order valence-corrected chi connectivity index (χ1v) is 6.83. The lowest BCUT2D eigenvalue weighted by atomic mass is 10.1. The second kappa shape index (κ2) is 7.60. The van der Waals surface area contributed by atoms with Gasteiger partial charge in [0, 0.05) is 18.7 Å². The van der Waals surface area contributed by atoms with Crippen LogP contribution in [0.25, 0.3) is 0 Å². The van der Waals surface area contributed by atoms with Crippen molar-refractivity contribution < 1.29 is 27.9 Å². The SMILES string of the molecule is O=C(NCc1ccccc1CO)C(=O)Nc1cc(F)c(F)cc1F. The lowest BCUT2D eigenvalue weighted by molar-refractivity contribution is -0.136. The number of hydrogen-bond donors (Lipinski definition) is 3. The smallest absolute Gasteiger partial charge is 0.313 e. The molecule has 0 atom stereocenters. The maximum atomic E-state index is 13.4. The molecule has 2 rings (SSSR count). The van der Waals surface area contributed by atoms with Gasteiger partial charge in [-0.05, 0) is 11.1 Å². The van der Waals surface area contributed by atoms with Crippen molar-refractivity contribution in [1.82, 2.24) is 5.32 Å². The summed E-state index contributed by atoms with van der Waals surface area (Å²) in [6.45, 7) is -0.276. The molecule has 0 radical (unpaired) electrons. The molecule has 0 bridgehead atoms. The Morgan fingerprint density at radius 2 is 1.54 bits per heavy atom. The van der Waals surface area contributed by atoms with E-state index in [1.54, 1.807) is 24.3 Å². The fraction of sp³-hybridized carbons (Fsp3) is 0.125. The molecule has 126 valence electrons. The molecule has 3 N–H and O–H groups in total. The molecule has 24 heavy (non-hydrogen) atoms. The first kappa shape index (κ1) is 17.5. The molecule has 0 saturated carbocycles. The minimum Gasteiger partial charge on any atom is -0.392 e. The van der Waals surface area contributed by atoms with Gasteiger partial charge in [0.05, 0.1) is 12.3 Å². The average molecular weight is 338 g/mol. The number of nitrogens with one attached hydrogen (secondary N) is 2. The lowest BCUT2D eigenvalue weighted by Gasteiger charge is -2.10. The number of amides is 2. The predicted molar refractivity (Wildman–Crippen MR) is 79.2 cm³/mol. The van der Waals surface area contributed by atoms with E-state index in [-0.39, 0.29) is 19.2 Å². The Morgan fingerprint density at radius 3 is 2.21 bits per heavy atom. The highest BCUT2D eigenvalue weighted by molar-refractivity contribution is 6.39. The van der Waals surface area contributed by atoms with Crippen LogP contribution in [0, 0.1) is 17.5 Å². The summed E-state index contributed by atoms with van der Waals surface area (Å²) in [5.74, 6) is -6.30. The second-order valence-corrected chi connectivity index (χ2v) is 4.81. The Balaban J connectivity index is 2.00. The zero-order valence-electron chi connectivity index (χ0n) is 12.3. The van der Waals surface area contributed by atoms with E-state index in [4.69, 9.17) is 5.11 Å². The van der Waals surface area contributed by atoms with Gasteiger partial charge >= 0.3 is 11.8 Å². The average Bonchev–Trinajstić information content (AvgIpc) is 2.57. The van der Waals surface area contributed by atoms with Crippen molar-refractivity contribution in [3.8, 4) is 0 Å². The van der Waals surface area contributed by atoms with Crippen LogP contribution in [0.2, 0.25) is 0 Å². The topological polar surface area (TPSA) is 78.4 Å². The van der Waals surface area contributed by atoms with Gasteiger partial charge in [0.15, 0.2) is 11.6 Å². The Kier molecular flexibility index (Phi) is 5.54. The molecule has 0 aliphatic carbocycles. The summed E-state index contributed by atoms with van der Waals surface area (Å²) >= 11 is 0. The summed E-state index contributed by atoms with van der Waals surface area (Å²) in [7, 11) is 0. The fourth-order valence-corrected chi connectivity index (χ4v) is 1.94. The number of hydrogen-bond acceptors (Lipinski definition) is 3. The zero-order chi connectivity index (χ0) is 17.7. The summed E-state index contributed by atoms with van der Waals surface area (Å²) in [4.78, 5) is 23.4. The zero-order valence-corrected chi connectivity index (χ0v) is 12.3. The van der Waals surface area contributed by atoms with Crippen LogP contribution >= 0.6 is 0 Å². The molecular weight excluding hydrogens is 325 g/mol. The molecule has 0 fully saturated rings. The van der Waals surface area contributed by atoms with E-state index in [1.165, 1.54) is 0 Å². The van der Waals surface area contributed by atoms with Gasteiger partial charge in [-0.3, -0.25) is 9.59 Å². The maximum Gasteiger partial charge on any atom is 0.313 e. The van der Waals surface area contributed by atoms with Crippen LogP contribution in [0.1, 0.15) is 11.1 Å². The van der Waals surface area contributed by atoms with E-state index in [9.17, 15) is 22.8 Å². The van der Waals surface area contributed by atoms with Crippen molar-refractivity contribution in [2.24, 2.45) is 0 Å². The van der Waals surface area contributed by atoms with Crippen LogP contribution in [-0.2, 0) is 22.7 Å². The van der Waals surface area contributed by atoms with E-state index in [0.717, 1.165) is 0 Å². The molecule has 0 aliphatic heterocycles. The monoisotopic (exact) mass is 338 g/mol. The van der Waals surface area contributed by atoms with Crippen LogP contribution in [0.3, 0.4) is 0 Å². The van der Waals surface area contributed by atoms with E-state index in [2.05, 4.69) is 5.32 Å². The van der Waals surface area contributed by atoms with Crippen LogP contribution in [0.5, 0.6) is 0 Å². The van der Waals surface area contributed by atoms with Gasteiger partial charge in [0.25, 0.3) is 0 Å². The molecule has 0 spiro atoms. The number of halogens is 3. The third-order valence-corrected chi connectivity index (χ3v) is 3.19. The highest BCUT2D eigenvalue weighted by atomic mass is 19.2. The summed E-state index contributed by atoms with van der Waals surface area (Å²) in [5, 5.41) is 13.3. The molecule has 5 nitrogen and oxygen atoms in total. The van der Waals surface area contributed by atoms with Crippen LogP contribution < -0.4 is 10.6 Å². The number of aliphatic hydroxyl groups excluding tert-OH is 1. The van der Waals surface area contributed by atoms with E-state index >= 15 is 0 Å². The molecule has 2 amide bonds. The third kappa shape index (κ3) is 4.11. The Labute approximate surface area is 135 Å². The summed E-state index contributed by atoms with van der Waals surface area (Å²) < 4.78 is 39.3. The molecule has 8 heteroatoms. The fourth-order valence-electron chi connectivity index (χ4n) is 1.94. The van der Waals surface area contributed by atoms with Gasteiger partial charge in [0.2, 0.25) is 0 Å². The van der Waals surface area contributed by atoms with Gasteiger partial charge in [0.1, 0.15) is 5.82 Å².